The van der Waals surface area contributed by atoms with Gasteiger partial charge in [0.05, 0.1) is 0 Å². The predicted molar refractivity (Wildman–Crippen MR) is 126 cm³/mol. The lowest BCUT2D eigenvalue weighted by Crippen LogP contribution is -2.53. The van der Waals surface area contributed by atoms with E-state index in [1.54, 1.807) is 13.8 Å². The first-order valence-electron chi connectivity index (χ1n) is 11.5. The molecule has 0 aliphatic carbocycles. The fourth-order valence-electron chi connectivity index (χ4n) is 5.28. The van der Waals surface area contributed by atoms with Gasteiger partial charge in [-0.05, 0) is 40.7 Å². The summed E-state index contributed by atoms with van der Waals surface area (Å²) in [6.07, 6.45) is 0.588. The van der Waals surface area contributed by atoms with Crippen molar-refractivity contribution in [3.05, 3.63) is 29.8 Å². The highest BCUT2D eigenvalue weighted by atomic mass is 28.4. The van der Waals surface area contributed by atoms with Crippen molar-refractivity contribution in [2.24, 2.45) is 5.92 Å². The number of esters is 2. The summed E-state index contributed by atoms with van der Waals surface area (Å²) in [4.78, 5) is 25.5. The molecule has 0 aromatic heterocycles. The summed E-state index contributed by atoms with van der Waals surface area (Å²) in [6.45, 7) is 20.6. The molecule has 1 saturated heterocycles. The van der Waals surface area contributed by atoms with Crippen LogP contribution in [-0.2, 0) is 24.5 Å². The Morgan fingerprint density at radius 2 is 1.35 bits per heavy atom. The zero-order valence-corrected chi connectivity index (χ0v) is 21.9. The highest BCUT2D eigenvalue weighted by Gasteiger charge is 2.53. The number of rotatable bonds is 8. The van der Waals surface area contributed by atoms with Gasteiger partial charge in [-0.3, -0.25) is 9.59 Å². The number of carbonyl (C=O) groups is 2. The smallest absolute Gasteiger partial charge is 0.324 e. The second kappa shape index (κ2) is 8.97. The molecular weight excluding hydrogens is 408 g/mol. The van der Waals surface area contributed by atoms with Gasteiger partial charge in [0.1, 0.15) is 5.75 Å². The molecule has 0 radical (unpaired) electrons. The van der Waals surface area contributed by atoms with Gasteiger partial charge in [0.15, 0.2) is 5.92 Å². The SMILES string of the molecule is CC[C@@](C)(c1ccc(O[Si](C(C)C)(C(C)C)C(C)C)cc1)C1C(=O)OC(C)(C)OC1=O. The molecule has 174 valence electrons. The number of hydrogen-bond acceptors (Lipinski definition) is 5. The van der Waals surface area contributed by atoms with E-state index in [0.29, 0.717) is 23.0 Å². The van der Waals surface area contributed by atoms with E-state index in [1.807, 2.05) is 38.1 Å². The molecule has 1 atom stereocenters. The zero-order chi connectivity index (χ0) is 23.8. The van der Waals surface area contributed by atoms with Crippen molar-refractivity contribution < 1.29 is 23.5 Å². The third-order valence-corrected chi connectivity index (χ3v) is 13.1. The number of carbonyl (C=O) groups excluding carboxylic acids is 2. The molecule has 5 nitrogen and oxygen atoms in total. The standard InChI is InChI=1S/C25H40O5Si/c1-11-25(10,21-22(26)28-24(8,9)29-23(21)27)19-12-14-20(15-13-19)30-31(16(2)3,17(4)5)18(6)7/h12-18,21H,11H2,1-10H3/t25-/m0/s1. The van der Waals surface area contributed by atoms with Gasteiger partial charge < -0.3 is 13.9 Å². The summed E-state index contributed by atoms with van der Waals surface area (Å²) in [5.74, 6) is -2.43. The minimum atomic E-state index is -2.06. The molecule has 1 aromatic carbocycles. The first kappa shape index (κ1) is 25.4. The second-order valence-electron chi connectivity index (χ2n) is 10.4. The van der Waals surface area contributed by atoms with Gasteiger partial charge in [0, 0.05) is 19.3 Å². The molecule has 0 bridgehead atoms. The summed E-state index contributed by atoms with van der Waals surface area (Å²) < 4.78 is 17.5. The lowest BCUT2D eigenvalue weighted by atomic mass is 9.69. The number of benzene rings is 1. The van der Waals surface area contributed by atoms with Crippen LogP contribution in [-0.4, -0.2) is 26.0 Å². The molecule has 2 rings (SSSR count). The van der Waals surface area contributed by atoms with Crippen molar-refractivity contribution in [1.82, 2.24) is 0 Å². The van der Waals surface area contributed by atoms with Crippen LogP contribution < -0.4 is 4.43 Å². The van der Waals surface area contributed by atoms with Crippen LogP contribution in [0.15, 0.2) is 24.3 Å². The molecule has 1 aromatic rings. The lowest BCUT2D eigenvalue weighted by molar-refractivity contribution is -0.243. The Balaban J connectivity index is 2.38. The topological polar surface area (TPSA) is 61.8 Å². The predicted octanol–water partition coefficient (Wildman–Crippen LogP) is 6.36. The Kier molecular flexibility index (Phi) is 7.36. The van der Waals surface area contributed by atoms with Gasteiger partial charge in [0.2, 0.25) is 0 Å². The van der Waals surface area contributed by atoms with E-state index < -0.39 is 37.4 Å². The van der Waals surface area contributed by atoms with Crippen LogP contribution >= 0.6 is 0 Å². The maximum atomic E-state index is 12.7. The Morgan fingerprint density at radius 1 is 0.935 bits per heavy atom. The third-order valence-electron chi connectivity index (χ3n) is 7.05. The monoisotopic (exact) mass is 448 g/mol. The highest BCUT2D eigenvalue weighted by Crippen LogP contribution is 2.44. The van der Waals surface area contributed by atoms with Gasteiger partial charge in [-0.15, -0.1) is 0 Å². The van der Waals surface area contributed by atoms with Gasteiger partial charge in [0.25, 0.3) is 14.1 Å². The number of ether oxygens (including phenoxy) is 2. The fraction of sp³-hybridized carbons (Fsp3) is 0.680. The van der Waals surface area contributed by atoms with Gasteiger partial charge in [-0.2, -0.15) is 0 Å². The third kappa shape index (κ3) is 4.69. The van der Waals surface area contributed by atoms with E-state index in [2.05, 4.69) is 41.5 Å². The van der Waals surface area contributed by atoms with Crippen molar-refractivity contribution >= 4 is 20.3 Å². The summed E-state index contributed by atoms with van der Waals surface area (Å²) in [7, 11) is -2.06. The van der Waals surface area contributed by atoms with Crippen LogP contribution in [0.25, 0.3) is 0 Å². The zero-order valence-electron chi connectivity index (χ0n) is 20.9. The first-order chi connectivity index (χ1) is 14.2. The molecule has 0 spiro atoms. The van der Waals surface area contributed by atoms with E-state index in [4.69, 9.17) is 13.9 Å². The maximum Gasteiger partial charge on any atom is 0.324 e. The Morgan fingerprint density at radius 3 is 1.71 bits per heavy atom. The molecule has 6 heteroatoms. The first-order valence-corrected chi connectivity index (χ1v) is 13.6. The van der Waals surface area contributed by atoms with Crippen molar-refractivity contribution in [1.29, 1.82) is 0 Å². The van der Waals surface area contributed by atoms with Crippen LogP contribution in [0.5, 0.6) is 5.75 Å². The van der Waals surface area contributed by atoms with Crippen LogP contribution in [0.4, 0.5) is 0 Å². The normalized spacial score (nSPS) is 19.4. The largest absolute Gasteiger partial charge is 0.543 e. The second-order valence-corrected chi connectivity index (χ2v) is 15.8. The van der Waals surface area contributed by atoms with Crippen LogP contribution in [0, 0.1) is 5.92 Å². The molecule has 31 heavy (non-hydrogen) atoms. The molecule has 0 unspecified atom stereocenters. The summed E-state index contributed by atoms with van der Waals surface area (Å²) in [6, 6.07) is 7.89. The lowest BCUT2D eigenvalue weighted by Gasteiger charge is -2.42. The minimum absolute atomic E-state index is 0.475. The number of cyclic esters (lactones) is 2. The maximum absolute atomic E-state index is 12.7. The van der Waals surface area contributed by atoms with E-state index in [-0.39, 0.29) is 0 Å². The quantitative estimate of drug-likeness (QED) is 0.263. The van der Waals surface area contributed by atoms with Gasteiger partial charge >= 0.3 is 11.9 Å². The molecule has 0 N–H and O–H groups in total. The van der Waals surface area contributed by atoms with Crippen LogP contribution in [0.3, 0.4) is 0 Å². The Labute approximate surface area is 189 Å². The molecule has 1 heterocycles. The minimum Gasteiger partial charge on any atom is -0.543 e. The molecule has 1 fully saturated rings. The van der Waals surface area contributed by atoms with E-state index in [1.165, 1.54) is 0 Å². The number of hydrogen-bond donors (Lipinski definition) is 0. The average molecular weight is 449 g/mol. The molecule has 1 aliphatic rings. The van der Waals surface area contributed by atoms with Crippen molar-refractivity contribution in [3.8, 4) is 5.75 Å². The highest BCUT2D eigenvalue weighted by molar-refractivity contribution is 6.78. The van der Waals surface area contributed by atoms with E-state index in [9.17, 15) is 9.59 Å². The Hall–Kier alpha value is -1.82. The fourth-order valence-corrected chi connectivity index (χ4v) is 10.5. The van der Waals surface area contributed by atoms with Crippen molar-refractivity contribution in [2.45, 2.75) is 103 Å². The summed E-state index contributed by atoms with van der Waals surface area (Å²) in [5.41, 5.74) is 1.59. The van der Waals surface area contributed by atoms with Gasteiger partial charge in [-0.25, -0.2) is 0 Å². The van der Waals surface area contributed by atoms with Crippen molar-refractivity contribution in [3.63, 3.8) is 0 Å². The summed E-state index contributed by atoms with van der Waals surface area (Å²) in [5, 5.41) is 0. The van der Waals surface area contributed by atoms with Crippen molar-refractivity contribution in [2.75, 3.05) is 0 Å². The van der Waals surface area contributed by atoms with E-state index in [0.717, 1.165) is 11.3 Å². The average Bonchev–Trinajstić information content (AvgIpc) is 2.63. The van der Waals surface area contributed by atoms with E-state index >= 15 is 0 Å². The van der Waals surface area contributed by atoms with Gasteiger partial charge in [-0.1, -0.05) is 67.5 Å². The molecule has 1 aliphatic heterocycles. The Bertz CT molecular complexity index is 755. The van der Waals surface area contributed by atoms with Crippen LogP contribution in [0.2, 0.25) is 16.6 Å². The molecule has 0 saturated carbocycles. The molecular formula is C25H40O5Si. The summed E-state index contributed by atoms with van der Waals surface area (Å²) >= 11 is 0. The van der Waals surface area contributed by atoms with Crippen LogP contribution in [0.1, 0.15) is 81.2 Å². The molecule has 0 amide bonds.